The van der Waals surface area contributed by atoms with Crippen molar-refractivity contribution < 1.29 is 28.2 Å². The Labute approximate surface area is 157 Å². The van der Waals surface area contributed by atoms with Crippen LogP contribution in [0.5, 0.6) is 11.5 Å². The maximum Gasteiger partial charge on any atom is 0.259 e. The maximum atomic E-state index is 14.4. The van der Waals surface area contributed by atoms with E-state index in [1.54, 1.807) is 30.3 Å². The quantitative estimate of drug-likeness (QED) is 0.585. The van der Waals surface area contributed by atoms with Crippen LogP contribution in [0.3, 0.4) is 0 Å². The van der Waals surface area contributed by atoms with Gasteiger partial charge < -0.3 is 25.3 Å². The van der Waals surface area contributed by atoms with Crippen LogP contribution in [0.25, 0.3) is 11.0 Å². The molecule has 0 aliphatic heterocycles. The molecule has 0 aliphatic rings. The first-order valence-corrected chi connectivity index (χ1v) is 8.09. The van der Waals surface area contributed by atoms with Crippen molar-refractivity contribution in [3.63, 3.8) is 0 Å². The van der Waals surface area contributed by atoms with Crippen LogP contribution >= 0.6 is 0 Å². The Morgan fingerprint density at radius 3 is 2.61 bits per heavy atom. The average molecular weight is 386 g/mol. The fraction of sp³-hybridized carbons (Fsp3) is 0.105. The van der Waals surface area contributed by atoms with E-state index in [0.29, 0.717) is 5.75 Å². The molecule has 1 aromatic heterocycles. The molecular formula is C19H15FN2O6. The minimum absolute atomic E-state index is 0.00231. The van der Waals surface area contributed by atoms with Crippen LogP contribution in [0.4, 0.5) is 4.39 Å². The molecule has 2 amide bonds. The fourth-order valence-corrected chi connectivity index (χ4v) is 2.42. The molecule has 0 aliphatic carbocycles. The van der Waals surface area contributed by atoms with E-state index in [0.717, 1.165) is 12.3 Å². The molecule has 0 spiro atoms. The predicted octanol–water partition coefficient (Wildman–Crippen LogP) is 1.30. The smallest absolute Gasteiger partial charge is 0.259 e. The number of aliphatic hydroxyl groups excluding tert-OH is 1. The molecule has 1 atom stereocenters. The third kappa shape index (κ3) is 3.84. The number of aliphatic hydroxyl groups is 1. The van der Waals surface area contributed by atoms with Gasteiger partial charge in [-0.2, -0.15) is 0 Å². The highest BCUT2D eigenvalue weighted by molar-refractivity contribution is 5.99. The molecule has 0 unspecified atom stereocenters. The van der Waals surface area contributed by atoms with Gasteiger partial charge in [0.2, 0.25) is 11.3 Å². The fourth-order valence-electron chi connectivity index (χ4n) is 2.42. The number of nitrogens with one attached hydrogen (secondary N) is 1. The van der Waals surface area contributed by atoms with Crippen molar-refractivity contribution in [1.29, 1.82) is 0 Å². The van der Waals surface area contributed by atoms with Crippen LogP contribution in [0, 0.1) is 5.82 Å². The molecule has 3 aromatic rings. The van der Waals surface area contributed by atoms with Gasteiger partial charge in [0.15, 0.2) is 11.6 Å². The largest absolute Gasteiger partial charge is 0.463 e. The van der Waals surface area contributed by atoms with Gasteiger partial charge in [-0.1, -0.05) is 18.2 Å². The first kappa shape index (κ1) is 19.1. The Morgan fingerprint density at radius 1 is 1.25 bits per heavy atom. The van der Waals surface area contributed by atoms with Gasteiger partial charge in [0.1, 0.15) is 29.2 Å². The van der Waals surface area contributed by atoms with E-state index in [-0.39, 0.29) is 16.7 Å². The van der Waals surface area contributed by atoms with Crippen molar-refractivity contribution in [1.82, 2.24) is 5.32 Å². The molecule has 4 N–H and O–H groups in total. The average Bonchev–Trinajstić information content (AvgIpc) is 2.68. The molecule has 144 valence electrons. The third-order valence-corrected chi connectivity index (χ3v) is 3.87. The number of hydrogen-bond acceptors (Lipinski definition) is 6. The molecule has 28 heavy (non-hydrogen) atoms. The summed E-state index contributed by atoms with van der Waals surface area (Å²) in [5, 5.41) is 11.0. The van der Waals surface area contributed by atoms with Crippen molar-refractivity contribution >= 4 is 22.8 Å². The lowest BCUT2D eigenvalue weighted by atomic mass is 10.1. The van der Waals surface area contributed by atoms with Gasteiger partial charge in [-0.05, 0) is 18.2 Å². The van der Waals surface area contributed by atoms with E-state index in [1.165, 1.54) is 6.07 Å². The van der Waals surface area contributed by atoms with E-state index >= 15 is 0 Å². The van der Waals surface area contributed by atoms with E-state index in [2.05, 4.69) is 5.32 Å². The highest BCUT2D eigenvalue weighted by Gasteiger charge is 2.22. The van der Waals surface area contributed by atoms with Crippen molar-refractivity contribution in [2.75, 3.05) is 6.61 Å². The minimum Gasteiger partial charge on any atom is -0.463 e. The number of carbonyl (C=O) groups excluding carboxylic acids is 2. The highest BCUT2D eigenvalue weighted by atomic mass is 19.1. The lowest BCUT2D eigenvalue weighted by Gasteiger charge is -2.12. The number of amides is 2. The molecule has 2 aromatic carbocycles. The summed E-state index contributed by atoms with van der Waals surface area (Å²) >= 11 is 0. The summed E-state index contributed by atoms with van der Waals surface area (Å²) in [5.74, 6) is -2.56. The SMILES string of the molecule is NC(=O)[C@H](CO)NC(=O)c1coc2cc(Oc3ccccc3)c(F)cc2c1=O. The Bertz CT molecular complexity index is 1100. The number of halogens is 1. The molecule has 8 nitrogen and oxygen atoms in total. The second-order valence-electron chi connectivity index (χ2n) is 5.78. The summed E-state index contributed by atoms with van der Waals surface area (Å²) in [6, 6.07) is 9.17. The Hall–Kier alpha value is -3.72. The molecule has 9 heteroatoms. The van der Waals surface area contributed by atoms with Crippen LogP contribution < -0.4 is 21.2 Å². The lowest BCUT2D eigenvalue weighted by molar-refractivity contribution is -0.120. The van der Waals surface area contributed by atoms with Gasteiger partial charge in [0, 0.05) is 6.07 Å². The predicted molar refractivity (Wildman–Crippen MR) is 96.5 cm³/mol. The molecule has 0 fully saturated rings. The van der Waals surface area contributed by atoms with Crippen molar-refractivity contribution in [3.05, 3.63) is 70.3 Å². The molecular weight excluding hydrogens is 371 g/mol. The number of benzene rings is 2. The first-order chi connectivity index (χ1) is 13.4. The monoisotopic (exact) mass is 386 g/mol. The topological polar surface area (TPSA) is 132 Å². The van der Waals surface area contributed by atoms with Crippen molar-refractivity contribution in [2.24, 2.45) is 5.73 Å². The van der Waals surface area contributed by atoms with E-state index in [1.807, 2.05) is 0 Å². The zero-order valence-corrected chi connectivity index (χ0v) is 14.3. The number of para-hydroxylation sites is 1. The number of primary amides is 1. The number of ether oxygens (including phenoxy) is 1. The van der Waals surface area contributed by atoms with E-state index in [9.17, 15) is 18.8 Å². The zero-order valence-electron chi connectivity index (χ0n) is 14.3. The van der Waals surface area contributed by atoms with E-state index in [4.69, 9.17) is 20.0 Å². The van der Waals surface area contributed by atoms with Crippen LogP contribution in [0.2, 0.25) is 0 Å². The third-order valence-electron chi connectivity index (χ3n) is 3.87. The molecule has 3 rings (SSSR count). The lowest BCUT2D eigenvalue weighted by Crippen LogP contribution is -2.47. The highest BCUT2D eigenvalue weighted by Crippen LogP contribution is 2.28. The Kier molecular flexibility index (Phi) is 5.37. The van der Waals surface area contributed by atoms with Crippen molar-refractivity contribution in [3.8, 4) is 11.5 Å². The zero-order chi connectivity index (χ0) is 20.3. The number of carbonyl (C=O) groups is 2. The maximum absolute atomic E-state index is 14.4. The number of fused-ring (bicyclic) bond motifs is 1. The summed E-state index contributed by atoms with van der Waals surface area (Å²) in [6.45, 7) is -0.741. The number of rotatable bonds is 6. The summed E-state index contributed by atoms with van der Waals surface area (Å²) in [4.78, 5) is 35.8. The summed E-state index contributed by atoms with van der Waals surface area (Å²) in [5.41, 5.74) is 3.74. The minimum atomic E-state index is -1.37. The molecule has 1 heterocycles. The van der Waals surface area contributed by atoms with Gasteiger partial charge >= 0.3 is 0 Å². The van der Waals surface area contributed by atoms with Gasteiger partial charge in [-0.3, -0.25) is 14.4 Å². The van der Waals surface area contributed by atoms with Gasteiger partial charge in [-0.25, -0.2) is 4.39 Å². The first-order valence-electron chi connectivity index (χ1n) is 8.09. The Balaban J connectivity index is 1.96. The van der Waals surface area contributed by atoms with Crippen LogP contribution in [0.1, 0.15) is 10.4 Å². The summed E-state index contributed by atoms with van der Waals surface area (Å²) < 4.78 is 25.1. The number of hydrogen-bond donors (Lipinski definition) is 3. The summed E-state index contributed by atoms with van der Waals surface area (Å²) in [6.07, 6.45) is 0.875. The van der Waals surface area contributed by atoms with Gasteiger partial charge in [-0.15, -0.1) is 0 Å². The standard InChI is InChI=1S/C19H15FN2O6/c20-13-6-11-15(7-16(13)28-10-4-2-1-3-5-10)27-9-12(17(11)24)19(26)22-14(8-23)18(21)25/h1-7,9,14,23H,8H2,(H2,21,25)(H,22,26)/t14-/m0/s1. The normalized spacial score (nSPS) is 11.8. The molecule has 0 saturated heterocycles. The molecule has 0 radical (unpaired) electrons. The molecule has 0 saturated carbocycles. The van der Waals surface area contributed by atoms with Crippen molar-refractivity contribution in [2.45, 2.75) is 6.04 Å². The van der Waals surface area contributed by atoms with Crippen LogP contribution in [-0.4, -0.2) is 29.6 Å². The second kappa shape index (κ2) is 7.89. The van der Waals surface area contributed by atoms with Crippen LogP contribution in [0.15, 0.2) is 57.9 Å². The number of nitrogens with two attached hydrogens (primary N) is 1. The van der Waals surface area contributed by atoms with Crippen LogP contribution in [-0.2, 0) is 4.79 Å². The summed E-state index contributed by atoms with van der Waals surface area (Å²) in [7, 11) is 0. The molecule has 0 bridgehead atoms. The van der Waals surface area contributed by atoms with Gasteiger partial charge in [0.25, 0.3) is 5.91 Å². The van der Waals surface area contributed by atoms with Gasteiger partial charge in [0.05, 0.1) is 12.0 Å². The Morgan fingerprint density at radius 2 is 1.96 bits per heavy atom. The van der Waals surface area contributed by atoms with E-state index < -0.39 is 41.3 Å². The second-order valence-corrected chi connectivity index (χ2v) is 5.78.